The lowest BCUT2D eigenvalue weighted by Crippen LogP contribution is -2.29. The number of carbonyl (C=O) groups is 1. The van der Waals surface area contributed by atoms with Gasteiger partial charge in [0, 0.05) is 5.57 Å². The first kappa shape index (κ1) is 17.0. The molecular formula is C18H30O2. The molecule has 114 valence electrons. The summed E-state index contributed by atoms with van der Waals surface area (Å²) in [6.07, 6.45) is 5.87. The Morgan fingerprint density at radius 2 is 1.80 bits per heavy atom. The molecule has 0 bridgehead atoms. The van der Waals surface area contributed by atoms with E-state index in [2.05, 4.69) is 47.6 Å². The molecule has 0 heterocycles. The number of hydrogen-bond donors (Lipinski definition) is 1. The highest BCUT2D eigenvalue weighted by Crippen LogP contribution is 2.44. The minimum atomic E-state index is -0.782. The Morgan fingerprint density at radius 3 is 2.15 bits per heavy atom. The number of hydrogen-bond acceptors (Lipinski definition) is 1. The summed E-state index contributed by atoms with van der Waals surface area (Å²) < 4.78 is 0. The maximum absolute atomic E-state index is 11.2. The van der Waals surface area contributed by atoms with Gasteiger partial charge in [-0.3, -0.25) is 0 Å². The van der Waals surface area contributed by atoms with Crippen LogP contribution in [0, 0.1) is 22.7 Å². The topological polar surface area (TPSA) is 37.3 Å². The van der Waals surface area contributed by atoms with E-state index in [-0.39, 0.29) is 16.7 Å². The summed E-state index contributed by atoms with van der Waals surface area (Å²) in [5, 5.41) is 9.18. The Hall–Kier alpha value is -1.05. The van der Waals surface area contributed by atoms with Crippen LogP contribution in [0.2, 0.25) is 0 Å². The van der Waals surface area contributed by atoms with Gasteiger partial charge in [0.05, 0.1) is 0 Å². The van der Waals surface area contributed by atoms with Crippen LogP contribution in [0.25, 0.3) is 0 Å². The maximum Gasteiger partial charge on any atom is 0.331 e. The highest BCUT2D eigenvalue weighted by molar-refractivity contribution is 5.88. The first-order valence-corrected chi connectivity index (χ1v) is 7.56. The second kappa shape index (κ2) is 5.75. The molecule has 1 aliphatic rings. The van der Waals surface area contributed by atoms with E-state index < -0.39 is 5.97 Å². The lowest BCUT2D eigenvalue weighted by atomic mass is 9.66. The van der Waals surface area contributed by atoms with Gasteiger partial charge < -0.3 is 5.11 Å². The summed E-state index contributed by atoms with van der Waals surface area (Å²) >= 11 is 0. The van der Waals surface area contributed by atoms with Crippen LogP contribution in [0.5, 0.6) is 0 Å². The van der Waals surface area contributed by atoms with Crippen molar-refractivity contribution >= 4 is 5.97 Å². The van der Waals surface area contributed by atoms with Crippen LogP contribution in [-0.4, -0.2) is 11.1 Å². The van der Waals surface area contributed by atoms with Crippen molar-refractivity contribution in [2.75, 3.05) is 0 Å². The highest BCUT2D eigenvalue weighted by atomic mass is 16.4. The number of allylic oxidation sites excluding steroid dienone is 3. The van der Waals surface area contributed by atoms with E-state index in [9.17, 15) is 9.90 Å². The van der Waals surface area contributed by atoms with Crippen molar-refractivity contribution in [1.82, 2.24) is 0 Å². The van der Waals surface area contributed by atoms with Gasteiger partial charge in [0.1, 0.15) is 0 Å². The van der Waals surface area contributed by atoms with E-state index in [1.54, 1.807) is 0 Å². The van der Waals surface area contributed by atoms with Crippen LogP contribution in [0.15, 0.2) is 23.3 Å². The molecule has 1 N–H and O–H groups in total. The third-order valence-corrected chi connectivity index (χ3v) is 4.11. The Bertz CT molecular complexity index is 427. The molecule has 1 aliphatic carbocycles. The lowest BCUT2D eigenvalue weighted by Gasteiger charge is -2.39. The molecule has 20 heavy (non-hydrogen) atoms. The van der Waals surface area contributed by atoms with E-state index in [4.69, 9.17) is 0 Å². The minimum absolute atomic E-state index is 0.109. The second-order valence-electron chi connectivity index (χ2n) is 8.46. The Balaban J connectivity index is 3.08. The van der Waals surface area contributed by atoms with Crippen LogP contribution in [0.4, 0.5) is 0 Å². The number of aliphatic carboxylic acids is 1. The van der Waals surface area contributed by atoms with E-state index >= 15 is 0 Å². The predicted octanol–water partition coefficient (Wildman–Crippen LogP) is 5.06. The van der Waals surface area contributed by atoms with Gasteiger partial charge >= 0.3 is 5.97 Å². The van der Waals surface area contributed by atoms with Gasteiger partial charge in [0.25, 0.3) is 0 Å². The third kappa shape index (κ3) is 4.50. The highest BCUT2D eigenvalue weighted by Gasteiger charge is 2.34. The first-order chi connectivity index (χ1) is 8.92. The van der Waals surface area contributed by atoms with Crippen molar-refractivity contribution in [3.05, 3.63) is 23.3 Å². The van der Waals surface area contributed by atoms with E-state index in [1.165, 1.54) is 5.57 Å². The number of carboxylic acid groups (broad SMARTS) is 1. The maximum atomic E-state index is 11.2. The monoisotopic (exact) mass is 278 g/mol. The third-order valence-electron chi connectivity index (χ3n) is 4.11. The van der Waals surface area contributed by atoms with Gasteiger partial charge in [-0.25, -0.2) is 4.79 Å². The molecule has 0 aliphatic heterocycles. The molecule has 2 heteroatoms. The number of carboxylic acids is 1. The van der Waals surface area contributed by atoms with Gasteiger partial charge in [0.2, 0.25) is 0 Å². The average molecular weight is 278 g/mol. The van der Waals surface area contributed by atoms with Crippen LogP contribution < -0.4 is 0 Å². The normalized spacial score (nSPS) is 22.1. The van der Waals surface area contributed by atoms with Crippen LogP contribution in [-0.2, 0) is 4.79 Å². The molecule has 0 aromatic rings. The van der Waals surface area contributed by atoms with E-state index in [0.29, 0.717) is 11.5 Å². The smallest absolute Gasteiger partial charge is 0.331 e. The summed E-state index contributed by atoms with van der Waals surface area (Å²) in [4.78, 5) is 11.2. The molecule has 0 saturated carbocycles. The van der Waals surface area contributed by atoms with Crippen LogP contribution >= 0.6 is 0 Å². The largest absolute Gasteiger partial charge is 0.478 e. The average Bonchev–Trinajstić information content (AvgIpc) is 2.22. The molecule has 2 nitrogen and oxygen atoms in total. The number of rotatable bonds is 3. The molecule has 2 atom stereocenters. The molecule has 0 aromatic heterocycles. The molecule has 0 radical (unpaired) electrons. The Morgan fingerprint density at radius 1 is 1.25 bits per heavy atom. The van der Waals surface area contributed by atoms with E-state index in [0.717, 1.165) is 12.8 Å². The van der Waals surface area contributed by atoms with E-state index in [1.807, 2.05) is 13.0 Å². The van der Waals surface area contributed by atoms with Crippen LogP contribution in [0.1, 0.15) is 61.3 Å². The summed E-state index contributed by atoms with van der Waals surface area (Å²) in [5.74, 6) is -0.176. The predicted molar refractivity (Wildman–Crippen MR) is 84.6 cm³/mol. The Labute approximate surface area is 124 Å². The van der Waals surface area contributed by atoms with Crippen molar-refractivity contribution in [2.45, 2.75) is 61.3 Å². The van der Waals surface area contributed by atoms with Crippen molar-refractivity contribution in [2.24, 2.45) is 22.7 Å². The minimum Gasteiger partial charge on any atom is -0.478 e. The fourth-order valence-corrected chi connectivity index (χ4v) is 3.04. The van der Waals surface area contributed by atoms with Gasteiger partial charge in [-0.1, -0.05) is 66.2 Å². The molecule has 0 aromatic carbocycles. The van der Waals surface area contributed by atoms with Gasteiger partial charge in [-0.05, 0) is 35.5 Å². The van der Waals surface area contributed by atoms with Crippen LogP contribution in [0.3, 0.4) is 0 Å². The summed E-state index contributed by atoms with van der Waals surface area (Å²) in [5.41, 5.74) is 2.42. The lowest BCUT2D eigenvalue weighted by molar-refractivity contribution is -0.133. The zero-order valence-corrected chi connectivity index (χ0v) is 14.1. The molecule has 0 saturated heterocycles. The van der Waals surface area contributed by atoms with Gasteiger partial charge in [-0.15, -0.1) is 0 Å². The van der Waals surface area contributed by atoms with Crippen molar-refractivity contribution in [3.8, 4) is 0 Å². The van der Waals surface area contributed by atoms with Crippen molar-refractivity contribution in [3.63, 3.8) is 0 Å². The van der Waals surface area contributed by atoms with Crippen molar-refractivity contribution in [1.29, 1.82) is 0 Å². The summed E-state index contributed by atoms with van der Waals surface area (Å²) in [7, 11) is 0. The zero-order valence-electron chi connectivity index (χ0n) is 14.1. The molecule has 0 spiro atoms. The fraction of sp³-hybridized carbons (Fsp3) is 0.722. The van der Waals surface area contributed by atoms with Gasteiger partial charge in [0.15, 0.2) is 0 Å². The van der Waals surface area contributed by atoms with Crippen molar-refractivity contribution < 1.29 is 9.90 Å². The van der Waals surface area contributed by atoms with Gasteiger partial charge in [-0.2, -0.15) is 0 Å². The quantitative estimate of drug-likeness (QED) is 0.783. The SMILES string of the molecule is CC1CC(C(CC(C)(C)C)C(C)(C)C)=CC=C1C(=O)O. The molecule has 0 fully saturated rings. The Kier molecular flexibility index (Phi) is 4.89. The zero-order chi connectivity index (χ0) is 15.7. The standard InChI is InChI=1S/C18H30O2/c1-12-10-13(8-9-14(12)16(19)20)15(18(5,6)7)11-17(2,3)4/h8-9,12,15H,10-11H2,1-7H3,(H,19,20). The summed E-state index contributed by atoms with van der Waals surface area (Å²) in [6, 6.07) is 0. The summed E-state index contributed by atoms with van der Waals surface area (Å²) in [6.45, 7) is 15.7. The fourth-order valence-electron chi connectivity index (χ4n) is 3.04. The molecule has 2 unspecified atom stereocenters. The molecule has 1 rings (SSSR count). The second-order valence-corrected chi connectivity index (χ2v) is 8.46. The molecular weight excluding hydrogens is 248 g/mol. The first-order valence-electron chi connectivity index (χ1n) is 7.56. The molecule has 0 amide bonds.